The molecule has 12 aromatic heterocycles. The first-order valence-electron chi connectivity index (χ1n) is 43.3. The first-order chi connectivity index (χ1) is 69.6. The number of nitrogens with two attached hydrogens (primary N) is 7. The standard InChI is InChI=1S/C69H87N30O41P7/c70-27-1-4-77-57-51(27)80-22-95(57)47-10-31(137-146(117,118)127-20-41-33(12-49(134-41)98-25-83-54-60(98)88-66(75)91-63(54)102)139-144(113,114)123-16-37-30(9-46(130-37)94-6-3-43(72)86-69(94)105)136-142(109,110)122-14-35-28(100)7-44(128-35)97-24-82-53-59(97)87-65(74)90-62(53)101)38(131-47)17-124-145(115,116)138-32-11-48(96-23-81-52-56(73)78-21-79-58(52)96)132-39(32)18-125-147(119,120)140-34-13-50(99-26-84-55-61(99)89-67(76)92-64(55)103)133-40(34)19-126-143(111,112)135-29-8-45(93-5-2-42(71)85-68(93)104)129-36(29)15-121-141(106,107)108/h1-6,21-26,28-41,44-50,100H,7-20H2,(H2,70,77)(H,109,110)(H,111,112)(H,113,114)(H,115,116)(H,117,118)(H,119,120)(H2,71,85,104)(H2,72,86,105)(H2,73,78,79)(H2,106,107,108)(H3,74,87,90,101)(H3,75,88,91,102)(H3,76,89,92,103)/t28-,29-,30-,31-,32-,33-,34-,35+,36+,37+,38+,39+,40+,41+,44+,45+,46+,47+,48+,49+,50+/m0/s1. The summed E-state index contributed by atoms with van der Waals surface area (Å²) in [6, 6.07) is 3.83. The van der Waals surface area contributed by atoms with Gasteiger partial charge >= 0.3 is 66.1 Å². The van der Waals surface area contributed by atoms with Crippen LogP contribution >= 0.6 is 54.8 Å². The molecule has 0 radical (unpaired) electrons. The number of aliphatic hydroxyl groups is 1. The lowest BCUT2D eigenvalue weighted by Crippen LogP contribution is -2.32. The summed E-state index contributed by atoms with van der Waals surface area (Å²) >= 11 is 0. The van der Waals surface area contributed by atoms with Gasteiger partial charge in [0.2, 0.25) is 17.8 Å². The zero-order valence-corrected chi connectivity index (χ0v) is 80.9. The molecule has 0 spiro atoms. The molecule has 794 valence electrons. The van der Waals surface area contributed by atoms with Crippen LogP contribution in [0.3, 0.4) is 0 Å². The minimum Gasteiger partial charge on any atom is -0.397 e. The van der Waals surface area contributed by atoms with Crippen LogP contribution in [0.1, 0.15) is 88.5 Å². The maximum atomic E-state index is 14.8. The zero-order valence-electron chi connectivity index (χ0n) is 74.7. The summed E-state index contributed by atoms with van der Waals surface area (Å²) in [5.41, 5.74) is 36.3. The van der Waals surface area contributed by atoms with E-state index >= 15 is 0 Å². The Morgan fingerprint density at radius 3 is 0.912 bits per heavy atom. The number of imidazole rings is 5. The molecule has 12 aromatic rings. The molecule has 78 heteroatoms. The van der Waals surface area contributed by atoms with E-state index in [4.69, 9.17) is 128 Å². The van der Waals surface area contributed by atoms with Crippen LogP contribution in [-0.2, 0) is 124 Å². The van der Waals surface area contributed by atoms with E-state index < -0.39 is 309 Å². The molecule has 147 heavy (non-hydrogen) atoms. The van der Waals surface area contributed by atoms with Gasteiger partial charge in [-0.15, -0.1) is 0 Å². The molecule has 0 saturated carbocycles. The third kappa shape index (κ3) is 23.3. The van der Waals surface area contributed by atoms with Gasteiger partial charge in [0.15, 0.2) is 50.6 Å². The van der Waals surface area contributed by atoms with Crippen molar-refractivity contribution >= 4 is 152 Å². The smallest absolute Gasteiger partial charge is 0.397 e. The second kappa shape index (κ2) is 41.1. The van der Waals surface area contributed by atoms with Crippen molar-refractivity contribution in [3.63, 3.8) is 0 Å². The van der Waals surface area contributed by atoms with E-state index in [1.165, 1.54) is 57.1 Å². The highest BCUT2D eigenvalue weighted by Gasteiger charge is 2.54. The lowest BCUT2D eigenvalue weighted by molar-refractivity contribution is -0.0646. The van der Waals surface area contributed by atoms with Crippen molar-refractivity contribution in [2.45, 2.75) is 174 Å². The number of fused-ring (bicyclic) bond motifs is 5. The molecule has 27 atom stereocenters. The van der Waals surface area contributed by atoms with Crippen molar-refractivity contribution in [2.75, 3.05) is 86.4 Å². The Hall–Kier alpha value is -11.0. The quantitative estimate of drug-likeness (QED) is 0.0181. The molecular weight excluding hydrogens is 2120 g/mol. The predicted octanol–water partition coefficient (Wildman–Crippen LogP) is -2.24. The van der Waals surface area contributed by atoms with Gasteiger partial charge in [0.25, 0.3) is 16.7 Å². The Kier molecular flexibility index (Phi) is 29.2. The summed E-state index contributed by atoms with van der Waals surface area (Å²) in [6.45, 7) is -7.42. The van der Waals surface area contributed by atoms with Gasteiger partial charge in [-0.25, -0.2) is 81.4 Å². The number of hydrogen-bond acceptors (Lipinski definition) is 53. The zero-order chi connectivity index (χ0) is 104. The van der Waals surface area contributed by atoms with Crippen molar-refractivity contribution in [1.82, 2.24) is 112 Å². The third-order valence-corrected chi connectivity index (χ3v) is 30.4. The summed E-state index contributed by atoms with van der Waals surface area (Å²) in [5, 5.41) is 11.1. The third-order valence-electron chi connectivity index (χ3n) is 23.8. The number of nitrogens with zero attached hydrogens (tertiary/aromatic N) is 20. The maximum Gasteiger partial charge on any atom is 0.472 e. The molecule has 0 aromatic carbocycles. The Balaban J connectivity index is 0.542. The number of nitrogens with one attached hydrogen (secondary N) is 3. The Labute approximate surface area is 815 Å². The molecule has 0 bridgehead atoms. The number of phosphoric acid groups is 7. The number of H-pyrrole nitrogens is 3. The topological polar surface area (TPSA) is 1000 Å². The van der Waals surface area contributed by atoms with E-state index in [1.807, 2.05) is 0 Å². The van der Waals surface area contributed by atoms with E-state index in [9.17, 15) is 100 Å². The fraction of sp³-hybridized carbons (Fsp3) is 0.507. The number of nitrogen functional groups attached to an aromatic ring is 7. The predicted molar refractivity (Wildman–Crippen MR) is 483 cm³/mol. The summed E-state index contributed by atoms with van der Waals surface area (Å²) in [5.74, 6) is -1.61. The van der Waals surface area contributed by atoms with Gasteiger partial charge in [0.05, 0.1) is 89.7 Å². The van der Waals surface area contributed by atoms with E-state index in [0.29, 0.717) is 0 Å². The van der Waals surface area contributed by atoms with Gasteiger partial charge in [-0.3, -0.25) is 120 Å². The van der Waals surface area contributed by atoms with Crippen LogP contribution in [0.2, 0.25) is 0 Å². The minimum atomic E-state index is -5.69. The van der Waals surface area contributed by atoms with Crippen LogP contribution < -0.4 is 68.2 Å². The number of anilines is 7. The van der Waals surface area contributed by atoms with Gasteiger partial charge in [-0.2, -0.15) is 24.9 Å². The van der Waals surface area contributed by atoms with Crippen LogP contribution in [-0.4, -0.2) is 288 Å². The van der Waals surface area contributed by atoms with E-state index in [2.05, 4.69) is 84.3 Å². The van der Waals surface area contributed by atoms with Gasteiger partial charge in [0.1, 0.15) is 152 Å². The highest BCUT2D eigenvalue weighted by Crippen LogP contribution is 2.58. The molecule has 19 heterocycles. The molecule has 7 saturated heterocycles. The lowest BCUT2D eigenvalue weighted by Gasteiger charge is -2.26. The normalized spacial score (nSPS) is 29.1. The molecule has 26 N–H and O–H groups in total. The van der Waals surface area contributed by atoms with Crippen LogP contribution in [0.5, 0.6) is 0 Å². The van der Waals surface area contributed by atoms with Crippen molar-refractivity contribution in [2.24, 2.45) is 0 Å². The van der Waals surface area contributed by atoms with Crippen molar-refractivity contribution < 1.29 is 168 Å². The minimum absolute atomic E-state index is 0.0181. The molecule has 71 nitrogen and oxygen atoms in total. The number of phosphoric ester groups is 7. The van der Waals surface area contributed by atoms with Crippen molar-refractivity contribution in [3.05, 3.63) is 127 Å². The number of aromatic amines is 3. The number of hydrogen-bond donors (Lipinski definition) is 19. The van der Waals surface area contributed by atoms with Crippen molar-refractivity contribution in [1.29, 1.82) is 0 Å². The van der Waals surface area contributed by atoms with E-state index in [-0.39, 0.29) is 91.3 Å². The van der Waals surface area contributed by atoms with Crippen LogP contribution in [0.25, 0.3) is 55.8 Å². The largest absolute Gasteiger partial charge is 0.472 e. The molecule has 7 aliphatic heterocycles. The molecule has 6 unspecified atom stereocenters. The van der Waals surface area contributed by atoms with Gasteiger partial charge in [-0.1, -0.05) is 0 Å². The number of rotatable bonds is 40. The highest BCUT2D eigenvalue weighted by molar-refractivity contribution is 7.49. The number of pyridine rings is 1. The molecule has 7 aliphatic rings. The molecular formula is C69H87N30O41P7. The Morgan fingerprint density at radius 2 is 0.592 bits per heavy atom. The molecule has 7 fully saturated rings. The molecule has 0 amide bonds. The number of aliphatic hydroxyl groups excluding tert-OH is 1. The summed E-state index contributed by atoms with van der Waals surface area (Å²) in [4.78, 5) is 214. The molecule has 19 rings (SSSR count). The summed E-state index contributed by atoms with van der Waals surface area (Å²) < 4.78 is 221. The first kappa shape index (κ1) is 105. The van der Waals surface area contributed by atoms with Crippen molar-refractivity contribution in [3.8, 4) is 0 Å². The van der Waals surface area contributed by atoms with Gasteiger partial charge in [0, 0.05) is 63.5 Å². The first-order valence-corrected chi connectivity index (χ1v) is 53.8. The Morgan fingerprint density at radius 1 is 0.320 bits per heavy atom. The highest BCUT2D eigenvalue weighted by atomic mass is 31.2. The Bertz CT molecular complexity index is 7620. The second-order valence-corrected chi connectivity index (χ2v) is 43.3. The van der Waals surface area contributed by atoms with E-state index in [1.54, 1.807) is 0 Å². The van der Waals surface area contributed by atoms with Crippen LogP contribution in [0.15, 0.2) is 98.7 Å². The monoisotopic (exact) mass is 2210 g/mol. The number of ether oxygens (including phenoxy) is 7. The van der Waals surface area contributed by atoms with Gasteiger partial charge in [-0.05, 0) is 18.2 Å². The number of aromatic nitrogens is 23. The second-order valence-electron chi connectivity index (χ2n) is 33.6. The fourth-order valence-corrected chi connectivity index (χ4v) is 23.3. The molecule has 0 aliphatic carbocycles. The fourth-order valence-electron chi connectivity index (χ4n) is 17.2. The average molecular weight is 2210 g/mol. The van der Waals surface area contributed by atoms with Crippen LogP contribution in [0, 0.1) is 0 Å². The van der Waals surface area contributed by atoms with Gasteiger partial charge < -0.3 is 118 Å². The lowest BCUT2D eigenvalue weighted by atomic mass is 10.2. The maximum absolute atomic E-state index is 14.8. The summed E-state index contributed by atoms with van der Waals surface area (Å²) in [6.07, 6.45) is -26.1. The van der Waals surface area contributed by atoms with E-state index in [0.717, 1.165) is 49.6 Å². The summed E-state index contributed by atoms with van der Waals surface area (Å²) in [7, 11) is -38.8. The SMILES string of the molecule is Nc1ccn([C@H]2C[C@H](OP(=O)(O)OC[C@H]3O[C@@H](n4cnc5c(=O)[nH]c(N)nc54)C[C@@H]3OP(=O)(O)OC[C@H]3O[C@@H](n4cnc5c(N)ncnc54)C[C@@H]3OP(=O)(O)OC[C@H]3O[C@@H](n4cnc5c(N)ccnc54)C[C@@H]3OP(=O)(O)OC[C@H]3O[C@@H](n4cnc5c(=O)[nH]c(N)nc54)C[C@@H]3OP(=O)(O)OC[C@H]3O[C@@H](n4ccc(N)nc4=O)C[C@@H]3OP(=O)(O)OC[C@H]3O[C@@H](n4cnc5c(=O)[nH]c(N)nc54)C[C@@H]3O)[C@@H](COP(=O)(O)O)O2)c(=O)n1. The van der Waals surface area contributed by atoms with Crippen LogP contribution in [0.4, 0.5) is 41.0 Å². The average Bonchev–Trinajstić information content (AvgIpc) is 1.62.